The number of benzene rings is 1. The molecule has 0 heterocycles. The lowest BCUT2D eigenvalue weighted by Gasteiger charge is -2.18. The highest BCUT2D eigenvalue weighted by Crippen LogP contribution is 2.50. The van der Waals surface area contributed by atoms with Crippen molar-refractivity contribution in [2.45, 2.75) is 105 Å². The van der Waals surface area contributed by atoms with E-state index in [-0.39, 0.29) is 5.41 Å². The average Bonchev–Trinajstić information content (AvgIpc) is 3.45. The van der Waals surface area contributed by atoms with Gasteiger partial charge in [0.15, 0.2) is 0 Å². The van der Waals surface area contributed by atoms with Crippen LogP contribution in [-0.4, -0.2) is 22.2 Å². The van der Waals surface area contributed by atoms with Crippen LogP contribution in [0.3, 0.4) is 0 Å². The van der Waals surface area contributed by atoms with Crippen molar-refractivity contribution in [2.24, 2.45) is 10.8 Å². The van der Waals surface area contributed by atoms with Crippen LogP contribution >= 0.6 is 0 Å². The number of carboxylic acid groups (broad SMARTS) is 2. The zero-order valence-electron chi connectivity index (χ0n) is 19.4. The van der Waals surface area contributed by atoms with E-state index in [2.05, 4.69) is 26.0 Å². The van der Waals surface area contributed by atoms with Gasteiger partial charge in [-0.1, -0.05) is 43.4 Å². The highest BCUT2D eigenvalue weighted by Gasteiger charge is 2.49. The van der Waals surface area contributed by atoms with Crippen LogP contribution in [0.2, 0.25) is 0 Å². The summed E-state index contributed by atoms with van der Waals surface area (Å²) in [5, 5.41) is 18.5. The van der Waals surface area contributed by atoms with Gasteiger partial charge < -0.3 is 10.2 Å². The summed E-state index contributed by atoms with van der Waals surface area (Å²) in [7, 11) is 0. The van der Waals surface area contributed by atoms with Crippen molar-refractivity contribution in [1.82, 2.24) is 0 Å². The summed E-state index contributed by atoms with van der Waals surface area (Å²) in [5.74, 6) is -1.31. The fraction of sp³-hybridized carbons (Fsp3) is 0.692. The molecule has 0 radical (unpaired) electrons. The second-order valence-corrected chi connectivity index (χ2v) is 10.1. The van der Waals surface area contributed by atoms with Gasteiger partial charge >= 0.3 is 11.9 Å². The first kappa shape index (κ1) is 24.4. The maximum atomic E-state index is 11.3. The summed E-state index contributed by atoms with van der Waals surface area (Å²) in [6.45, 7) is 7.99. The third-order valence-corrected chi connectivity index (χ3v) is 7.00. The summed E-state index contributed by atoms with van der Waals surface area (Å²) in [6, 6.07) is 4.59. The van der Waals surface area contributed by atoms with Crippen molar-refractivity contribution in [3.8, 4) is 0 Å². The number of aliphatic carboxylic acids is 2. The molecule has 4 nitrogen and oxygen atoms in total. The first-order valence-electron chi connectivity index (χ1n) is 11.6. The monoisotopic (exact) mass is 416 g/mol. The number of carboxylic acids is 2. The average molecular weight is 417 g/mol. The topological polar surface area (TPSA) is 74.6 Å². The summed E-state index contributed by atoms with van der Waals surface area (Å²) in [5.41, 5.74) is 4.54. The highest BCUT2D eigenvalue weighted by atomic mass is 16.4. The lowest BCUT2D eigenvalue weighted by atomic mass is 9.86. The van der Waals surface area contributed by atoms with Gasteiger partial charge in [-0.3, -0.25) is 9.59 Å². The van der Waals surface area contributed by atoms with Gasteiger partial charge in [0.25, 0.3) is 0 Å². The molecular formula is C26H40O4. The SMILES string of the molecule is Cc1cc(CCCCCC(C)(C)C(=O)O)c(C)c(CCCCCC2(C(=O)O)CC2)c1. The van der Waals surface area contributed by atoms with Gasteiger partial charge in [-0.25, -0.2) is 0 Å². The molecule has 1 aromatic carbocycles. The molecule has 0 atom stereocenters. The van der Waals surface area contributed by atoms with Crippen molar-refractivity contribution >= 4 is 11.9 Å². The summed E-state index contributed by atoms with van der Waals surface area (Å²) in [4.78, 5) is 22.5. The van der Waals surface area contributed by atoms with E-state index in [9.17, 15) is 19.8 Å². The number of hydrogen-bond donors (Lipinski definition) is 2. The summed E-state index contributed by atoms with van der Waals surface area (Å²) >= 11 is 0. The van der Waals surface area contributed by atoms with Crippen LogP contribution in [0.25, 0.3) is 0 Å². The highest BCUT2D eigenvalue weighted by molar-refractivity contribution is 5.77. The largest absolute Gasteiger partial charge is 0.481 e. The van der Waals surface area contributed by atoms with E-state index in [4.69, 9.17) is 0 Å². The normalized spacial score (nSPS) is 15.2. The molecule has 1 saturated carbocycles. The third-order valence-electron chi connectivity index (χ3n) is 7.00. The Morgan fingerprint density at radius 1 is 0.900 bits per heavy atom. The fourth-order valence-electron chi connectivity index (χ4n) is 4.38. The van der Waals surface area contributed by atoms with E-state index >= 15 is 0 Å². The maximum Gasteiger partial charge on any atom is 0.309 e. The summed E-state index contributed by atoms with van der Waals surface area (Å²) in [6.07, 6.45) is 11.7. The van der Waals surface area contributed by atoms with E-state index in [1.165, 1.54) is 22.3 Å². The van der Waals surface area contributed by atoms with E-state index in [0.29, 0.717) is 0 Å². The minimum atomic E-state index is -0.711. The molecule has 0 unspecified atom stereocenters. The molecule has 0 aliphatic heterocycles. The van der Waals surface area contributed by atoms with Crippen LogP contribution in [0.4, 0.5) is 0 Å². The van der Waals surface area contributed by atoms with Crippen LogP contribution < -0.4 is 0 Å². The van der Waals surface area contributed by atoms with Crippen molar-refractivity contribution < 1.29 is 19.8 Å². The minimum absolute atomic E-state index is 0.383. The molecule has 2 rings (SSSR count). The van der Waals surface area contributed by atoms with E-state index in [1.807, 2.05) is 0 Å². The predicted molar refractivity (Wildman–Crippen MR) is 121 cm³/mol. The quantitative estimate of drug-likeness (QED) is 0.340. The van der Waals surface area contributed by atoms with Crippen molar-refractivity contribution in [3.05, 3.63) is 34.4 Å². The van der Waals surface area contributed by atoms with Gasteiger partial charge in [-0.2, -0.15) is 0 Å². The molecular weight excluding hydrogens is 376 g/mol. The molecule has 30 heavy (non-hydrogen) atoms. The number of aryl methyl sites for hydroxylation is 3. The Balaban J connectivity index is 1.76. The number of rotatable bonds is 14. The summed E-state index contributed by atoms with van der Waals surface area (Å²) < 4.78 is 0. The molecule has 1 aliphatic carbocycles. The number of unbranched alkanes of at least 4 members (excludes halogenated alkanes) is 4. The van der Waals surface area contributed by atoms with Gasteiger partial charge in [0.2, 0.25) is 0 Å². The van der Waals surface area contributed by atoms with Gasteiger partial charge in [-0.15, -0.1) is 0 Å². The molecule has 1 fully saturated rings. The predicted octanol–water partition coefficient (Wildman–Crippen LogP) is 6.48. The van der Waals surface area contributed by atoms with Crippen LogP contribution in [0.5, 0.6) is 0 Å². The maximum absolute atomic E-state index is 11.3. The molecule has 0 aromatic heterocycles. The smallest absolute Gasteiger partial charge is 0.309 e. The molecule has 0 saturated heterocycles. The minimum Gasteiger partial charge on any atom is -0.481 e. The fourth-order valence-corrected chi connectivity index (χ4v) is 4.38. The lowest BCUT2D eigenvalue weighted by Crippen LogP contribution is -2.23. The van der Waals surface area contributed by atoms with E-state index in [0.717, 1.165) is 77.0 Å². The Morgan fingerprint density at radius 3 is 1.90 bits per heavy atom. The molecule has 1 aliphatic rings. The Labute approximate surface area is 182 Å². The second-order valence-electron chi connectivity index (χ2n) is 10.1. The van der Waals surface area contributed by atoms with E-state index < -0.39 is 17.4 Å². The molecule has 4 heteroatoms. The standard InChI is InChI=1S/C26H40O4/c1-19-17-21(11-7-5-9-13-25(3,4)23(27)28)20(2)22(18-19)12-8-6-10-14-26(15-16-26)24(29)30/h17-18H,5-16H2,1-4H3,(H,27,28)(H,29,30). The van der Waals surface area contributed by atoms with Crippen molar-refractivity contribution in [3.63, 3.8) is 0 Å². The zero-order chi connectivity index (χ0) is 22.4. The number of carbonyl (C=O) groups is 2. The molecule has 2 N–H and O–H groups in total. The number of hydrogen-bond acceptors (Lipinski definition) is 2. The van der Waals surface area contributed by atoms with Gasteiger partial charge in [0.05, 0.1) is 10.8 Å². The van der Waals surface area contributed by atoms with E-state index in [1.54, 1.807) is 13.8 Å². The van der Waals surface area contributed by atoms with Crippen LogP contribution in [0.15, 0.2) is 12.1 Å². The second kappa shape index (κ2) is 10.5. The Bertz CT molecular complexity index is 696. The Morgan fingerprint density at radius 2 is 1.43 bits per heavy atom. The molecule has 0 amide bonds. The van der Waals surface area contributed by atoms with Gasteiger partial charge in [0, 0.05) is 0 Å². The first-order valence-corrected chi connectivity index (χ1v) is 11.6. The first-order chi connectivity index (χ1) is 14.1. The van der Waals surface area contributed by atoms with Gasteiger partial charge in [0.1, 0.15) is 0 Å². The van der Waals surface area contributed by atoms with Crippen molar-refractivity contribution in [2.75, 3.05) is 0 Å². The molecule has 0 spiro atoms. The Hall–Kier alpha value is -1.84. The van der Waals surface area contributed by atoms with Gasteiger partial charge in [-0.05, 0) is 95.8 Å². The van der Waals surface area contributed by atoms with Crippen LogP contribution in [0, 0.1) is 24.7 Å². The Kier molecular flexibility index (Phi) is 8.52. The molecule has 1 aromatic rings. The van der Waals surface area contributed by atoms with Crippen LogP contribution in [-0.2, 0) is 22.4 Å². The molecule has 168 valence electrons. The molecule has 0 bridgehead atoms. The lowest BCUT2D eigenvalue weighted by molar-refractivity contribution is -0.147. The third kappa shape index (κ3) is 6.85. The van der Waals surface area contributed by atoms with Crippen LogP contribution in [0.1, 0.15) is 100 Å². The van der Waals surface area contributed by atoms with Crippen molar-refractivity contribution in [1.29, 1.82) is 0 Å². The zero-order valence-corrected chi connectivity index (χ0v) is 19.4.